The standard InChI is InChI=1S/C16H19F3N2O3/c1-2-24-10-8-14(22)20-13-7-9-21(15(13)23)12-5-3-11(4-6-12)16(17,18)19/h3-6,13H,2,7-10H2,1H3,(H,20,22). The summed E-state index contributed by atoms with van der Waals surface area (Å²) in [7, 11) is 0. The molecule has 1 aliphatic rings. The van der Waals surface area contributed by atoms with E-state index in [1.54, 1.807) is 0 Å². The lowest BCUT2D eigenvalue weighted by Crippen LogP contribution is -2.41. The summed E-state index contributed by atoms with van der Waals surface area (Å²) >= 11 is 0. The van der Waals surface area contributed by atoms with Crippen molar-refractivity contribution in [1.29, 1.82) is 0 Å². The van der Waals surface area contributed by atoms with Crippen molar-refractivity contribution in [3.63, 3.8) is 0 Å². The number of anilines is 1. The molecule has 0 radical (unpaired) electrons. The highest BCUT2D eigenvalue weighted by atomic mass is 19.4. The third-order valence-electron chi connectivity index (χ3n) is 3.72. The molecule has 1 saturated heterocycles. The van der Waals surface area contributed by atoms with E-state index in [4.69, 9.17) is 4.74 Å². The minimum absolute atomic E-state index is 0.165. The van der Waals surface area contributed by atoms with Crippen LogP contribution >= 0.6 is 0 Å². The van der Waals surface area contributed by atoms with Gasteiger partial charge in [-0.15, -0.1) is 0 Å². The summed E-state index contributed by atoms with van der Waals surface area (Å²) in [6.45, 7) is 2.96. The Balaban J connectivity index is 1.95. The molecule has 1 atom stereocenters. The van der Waals surface area contributed by atoms with Crippen LogP contribution in [0.25, 0.3) is 0 Å². The van der Waals surface area contributed by atoms with Gasteiger partial charge in [-0.3, -0.25) is 9.59 Å². The first-order chi connectivity index (χ1) is 11.3. The molecule has 1 aliphatic heterocycles. The van der Waals surface area contributed by atoms with Crippen LogP contribution in [0, 0.1) is 0 Å². The highest BCUT2D eigenvalue weighted by molar-refractivity contribution is 6.01. The summed E-state index contributed by atoms with van der Waals surface area (Å²) in [5, 5.41) is 2.63. The van der Waals surface area contributed by atoms with Crippen molar-refractivity contribution in [2.75, 3.05) is 24.7 Å². The van der Waals surface area contributed by atoms with Crippen molar-refractivity contribution >= 4 is 17.5 Å². The molecule has 1 aromatic carbocycles. The third-order valence-corrected chi connectivity index (χ3v) is 3.72. The van der Waals surface area contributed by atoms with Crippen LogP contribution in [-0.2, 0) is 20.5 Å². The number of ether oxygens (including phenoxy) is 1. The molecule has 1 unspecified atom stereocenters. The molecule has 1 fully saturated rings. The minimum Gasteiger partial charge on any atom is -0.381 e. The highest BCUT2D eigenvalue weighted by Gasteiger charge is 2.34. The van der Waals surface area contributed by atoms with Crippen molar-refractivity contribution < 1.29 is 27.5 Å². The second-order valence-electron chi connectivity index (χ2n) is 5.39. The van der Waals surface area contributed by atoms with Crippen LogP contribution in [0.15, 0.2) is 24.3 Å². The monoisotopic (exact) mass is 344 g/mol. The van der Waals surface area contributed by atoms with E-state index in [-0.39, 0.29) is 24.8 Å². The van der Waals surface area contributed by atoms with Crippen molar-refractivity contribution in [2.24, 2.45) is 0 Å². The predicted molar refractivity (Wildman–Crippen MR) is 81.5 cm³/mol. The first kappa shape index (κ1) is 18.3. The number of alkyl halides is 3. The van der Waals surface area contributed by atoms with Crippen molar-refractivity contribution in [2.45, 2.75) is 32.0 Å². The fourth-order valence-corrected chi connectivity index (χ4v) is 2.48. The van der Waals surface area contributed by atoms with Crippen LogP contribution in [0.1, 0.15) is 25.3 Å². The Kier molecular flexibility index (Phi) is 5.82. The second-order valence-corrected chi connectivity index (χ2v) is 5.39. The zero-order valence-electron chi connectivity index (χ0n) is 13.2. The molecule has 5 nitrogen and oxygen atoms in total. The molecular formula is C16H19F3N2O3. The summed E-state index contributed by atoms with van der Waals surface area (Å²) in [4.78, 5) is 25.4. The maximum Gasteiger partial charge on any atom is 0.416 e. The van der Waals surface area contributed by atoms with E-state index >= 15 is 0 Å². The Morgan fingerprint density at radius 3 is 2.58 bits per heavy atom. The molecule has 1 aromatic rings. The number of hydrogen-bond acceptors (Lipinski definition) is 3. The molecule has 2 amide bonds. The Bertz CT molecular complexity index is 587. The van der Waals surface area contributed by atoms with Crippen molar-refractivity contribution in [1.82, 2.24) is 5.32 Å². The SMILES string of the molecule is CCOCCC(=O)NC1CCN(c2ccc(C(F)(F)F)cc2)C1=O. The van der Waals surface area contributed by atoms with Gasteiger partial charge in [0, 0.05) is 25.3 Å². The van der Waals surface area contributed by atoms with Gasteiger partial charge in [0.25, 0.3) is 0 Å². The number of nitrogens with zero attached hydrogens (tertiary/aromatic N) is 1. The van der Waals surface area contributed by atoms with Crippen molar-refractivity contribution in [3.8, 4) is 0 Å². The van der Waals surface area contributed by atoms with Gasteiger partial charge in [-0.05, 0) is 37.6 Å². The molecule has 1 heterocycles. The molecule has 0 aliphatic carbocycles. The first-order valence-corrected chi connectivity index (χ1v) is 7.68. The predicted octanol–water partition coefficient (Wildman–Crippen LogP) is 2.35. The number of carbonyl (C=O) groups is 2. The molecule has 0 saturated carbocycles. The Morgan fingerprint density at radius 2 is 2.00 bits per heavy atom. The Hall–Kier alpha value is -2.09. The highest BCUT2D eigenvalue weighted by Crippen LogP contribution is 2.31. The summed E-state index contributed by atoms with van der Waals surface area (Å²) in [5.41, 5.74) is -0.377. The number of nitrogens with one attached hydrogen (secondary N) is 1. The summed E-state index contributed by atoms with van der Waals surface area (Å²) in [6, 6.07) is 3.76. The summed E-state index contributed by atoms with van der Waals surface area (Å²) in [5.74, 6) is -0.601. The molecule has 1 N–H and O–H groups in total. The summed E-state index contributed by atoms with van der Waals surface area (Å²) in [6.07, 6.45) is -3.83. The van der Waals surface area contributed by atoms with Gasteiger partial charge in [0.1, 0.15) is 6.04 Å². The van der Waals surface area contributed by atoms with E-state index in [0.29, 0.717) is 25.3 Å². The van der Waals surface area contributed by atoms with Crippen LogP contribution < -0.4 is 10.2 Å². The topological polar surface area (TPSA) is 58.6 Å². The maximum absolute atomic E-state index is 12.6. The zero-order valence-corrected chi connectivity index (χ0v) is 13.2. The maximum atomic E-state index is 12.6. The summed E-state index contributed by atoms with van der Waals surface area (Å²) < 4.78 is 42.8. The van der Waals surface area contributed by atoms with Crippen LogP contribution in [0.3, 0.4) is 0 Å². The average Bonchev–Trinajstić information content (AvgIpc) is 2.88. The largest absolute Gasteiger partial charge is 0.416 e. The number of halogens is 3. The second kappa shape index (κ2) is 7.65. The van der Waals surface area contributed by atoms with Crippen LogP contribution in [0.5, 0.6) is 0 Å². The van der Waals surface area contributed by atoms with E-state index in [2.05, 4.69) is 5.32 Å². The molecule has 2 rings (SSSR count). The zero-order chi connectivity index (χ0) is 17.7. The van der Waals surface area contributed by atoms with Crippen LogP contribution in [-0.4, -0.2) is 37.6 Å². The third kappa shape index (κ3) is 4.47. The number of amides is 2. The van der Waals surface area contributed by atoms with Gasteiger partial charge < -0.3 is 15.0 Å². The van der Waals surface area contributed by atoms with E-state index in [0.717, 1.165) is 12.1 Å². The van der Waals surface area contributed by atoms with Gasteiger partial charge >= 0.3 is 6.18 Å². The van der Waals surface area contributed by atoms with Crippen molar-refractivity contribution in [3.05, 3.63) is 29.8 Å². The Labute approximate surface area is 137 Å². The van der Waals surface area contributed by atoms with Gasteiger partial charge in [-0.2, -0.15) is 13.2 Å². The fraction of sp³-hybridized carbons (Fsp3) is 0.500. The van der Waals surface area contributed by atoms with Gasteiger partial charge in [0.05, 0.1) is 12.2 Å². The number of benzene rings is 1. The lowest BCUT2D eigenvalue weighted by Gasteiger charge is -2.18. The number of rotatable bonds is 6. The van der Waals surface area contributed by atoms with Crippen LogP contribution in [0.2, 0.25) is 0 Å². The van der Waals surface area contributed by atoms with E-state index < -0.39 is 17.8 Å². The van der Waals surface area contributed by atoms with Gasteiger partial charge in [0.2, 0.25) is 11.8 Å². The molecule has 24 heavy (non-hydrogen) atoms. The number of hydrogen-bond donors (Lipinski definition) is 1. The molecule has 0 spiro atoms. The van der Waals surface area contributed by atoms with Gasteiger partial charge in [-0.1, -0.05) is 0 Å². The van der Waals surface area contributed by atoms with E-state index in [9.17, 15) is 22.8 Å². The van der Waals surface area contributed by atoms with E-state index in [1.165, 1.54) is 17.0 Å². The first-order valence-electron chi connectivity index (χ1n) is 7.68. The van der Waals surface area contributed by atoms with Gasteiger partial charge in [-0.25, -0.2) is 0 Å². The fourth-order valence-electron chi connectivity index (χ4n) is 2.48. The molecule has 0 aromatic heterocycles. The van der Waals surface area contributed by atoms with Gasteiger partial charge in [0.15, 0.2) is 0 Å². The normalized spacial score (nSPS) is 18.1. The Morgan fingerprint density at radius 1 is 1.33 bits per heavy atom. The molecule has 8 heteroatoms. The van der Waals surface area contributed by atoms with E-state index in [1.807, 2.05) is 6.92 Å². The lowest BCUT2D eigenvalue weighted by molar-refractivity contribution is -0.137. The quantitative estimate of drug-likeness (QED) is 0.806. The minimum atomic E-state index is -4.41. The lowest BCUT2D eigenvalue weighted by atomic mass is 10.2. The average molecular weight is 344 g/mol. The molecule has 0 bridgehead atoms. The molecule has 132 valence electrons. The number of carbonyl (C=O) groups excluding carboxylic acids is 2. The molecular weight excluding hydrogens is 325 g/mol. The smallest absolute Gasteiger partial charge is 0.381 e. The van der Waals surface area contributed by atoms with Crippen LogP contribution in [0.4, 0.5) is 18.9 Å².